The summed E-state index contributed by atoms with van der Waals surface area (Å²) in [6.07, 6.45) is 0. The number of aliphatic carboxylic acids is 1. The number of benzene rings is 1. The summed E-state index contributed by atoms with van der Waals surface area (Å²) in [6.45, 7) is 4.49. The number of carboxylic acids is 1. The summed E-state index contributed by atoms with van der Waals surface area (Å²) in [5.41, 5.74) is 3.77. The molecule has 0 spiro atoms. The molecule has 1 aromatic carbocycles. The first-order chi connectivity index (χ1) is 9.97. The number of hydrogen-bond donors (Lipinski definition) is 3. The molecule has 1 aromatic heterocycles. The minimum atomic E-state index is -0.840. The number of rotatable bonds is 6. The second-order valence-corrected chi connectivity index (χ2v) is 6.03. The first-order valence-corrected chi connectivity index (χ1v) is 7.80. The zero-order valence-electron chi connectivity index (χ0n) is 12.0. The summed E-state index contributed by atoms with van der Waals surface area (Å²) in [4.78, 5) is 25.5. The lowest BCUT2D eigenvalue weighted by atomic mass is 10.1. The van der Waals surface area contributed by atoms with E-state index in [0.717, 1.165) is 22.0 Å². The smallest absolute Gasteiger partial charge is 0.313 e. The van der Waals surface area contributed by atoms with E-state index < -0.39 is 5.97 Å². The Morgan fingerprint density at radius 1 is 1.29 bits per heavy atom. The molecule has 0 fully saturated rings. The number of H-pyrrole nitrogens is 1. The number of thioether (sulfide) groups is 1. The lowest BCUT2D eigenvalue weighted by molar-refractivity contribution is -0.133. The van der Waals surface area contributed by atoms with E-state index in [4.69, 9.17) is 5.11 Å². The van der Waals surface area contributed by atoms with Crippen molar-refractivity contribution in [1.82, 2.24) is 10.3 Å². The standard InChI is InChI=1S/C15H18N2O3S/c1-9-5-10(2)11-7-13(17-12(11)6-9)15(20)16-3-4-21-8-14(18)19/h5-7,17H,3-4,8H2,1-2H3,(H,16,20)(H,18,19). The molecule has 0 saturated heterocycles. The average Bonchev–Trinajstić information content (AvgIpc) is 2.82. The van der Waals surface area contributed by atoms with Crippen molar-refractivity contribution < 1.29 is 14.7 Å². The van der Waals surface area contributed by atoms with Gasteiger partial charge in [0.25, 0.3) is 5.91 Å². The first-order valence-electron chi connectivity index (χ1n) is 6.65. The third kappa shape index (κ3) is 4.01. The Balaban J connectivity index is 1.97. The Labute approximate surface area is 127 Å². The molecule has 6 heteroatoms. The van der Waals surface area contributed by atoms with Crippen molar-refractivity contribution in [1.29, 1.82) is 0 Å². The predicted octanol–water partition coefficient (Wildman–Crippen LogP) is 2.33. The van der Waals surface area contributed by atoms with Crippen LogP contribution in [0.4, 0.5) is 0 Å². The van der Waals surface area contributed by atoms with Gasteiger partial charge in [-0.15, -0.1) is 11.8 Å². The van der Waals surface area contributed by atoms with Crippen molar-refractivity contribution in [3.05, 3.63) is 35.0 Å². The molecule has 1 amide bonds. The van der Waals surface area contributed by atoms with Gasteiger partial charge < -0.3 is 15.4 Å². The molecule has 0 unspecified atom stereocenters. The van der Waals surface area contributed by atoms with Crippen molar-refractivity contribution in [3.63, 3.8) is 0 Å². The molecule has 112 valence electrons. The van der Waals surface area contributed by atoms with Gasteiger partial charge in [0, 0.05) is 23.2 Å². The minimum Gasteiger partial charge on any atom is -0.481 e. The monoisotopic (exact) mass is 306 g/mol. The van der Waals surface area contributed by atoms with Crippen molar-refractivity contribution >= 4 is 34.5 Å². The quantitative estimate of drug-likeness (QED) is 0.715. The highest BCUT2D eigenvalue weighted by Gasteiger charge is 2.10. The second-order valence-electron chi connectivity index (χ2n) is 4.93. The summed E-state index contributed by atoms with van der Waals surface area (Å²) in [6, 6.07) is 5.95. The van der Waals surface area contributed by atoms with E-state index in [1.807, 2.05) is 26.0 Å². The number of aryl methyl sites for hydroxylation is 2. The SMILES string of the molecule is Cc1cc(C)c2cc(C(=O)NCCSCC(=O)O)[nH]c2c1. The van der Waals surface area contributed by atoms with Gasteiger partial charge >= 0.3 is 5.97 Å². The maximum absolute atomic E-state index is 12.0. The third-order valence-corrected chi connectivity index (χ3v) is 4.04. The number of amides is 1. The third-order valence-electron chi connectivity index (χ3n) is 3.09. The topological polar surface area (TPSA) is 82.2 Å². The molecule has 2 rings (SSSR count). The van der Waals surface area contributed by atoms with Gasteiger partial charge in [-0.2, -0.15) is 0 Å². The lowest BCUT2D eigenvalue weighted by Gasteiger charge is -2.02. The molecule has 21 heavy (non-hydrogen) atoms. The van der Waals surface area contributed by atoms with Crippen molar-refractivity contribution in [2.24, 2.45) is 0 Å². The van der Waals surface area contributed by atoms with E-state index in [1.54, 1.807) is 0 Å². The number of aromatic nitrogens is 1. The van der Waals surface area contributed by atoms with Gasteiger partial charge in [0.05, 0.1) is 5.75 Å². The number of carbonyl (C=O) groups excluding carboxylic acids is 1. The van der Waals surface area contributed by atoms with Crippen LogP contribution in [0.5, 0.6) is 0 Å². The molecule has 0 atom stereocenters. The summed E-state index contributed by atoms with van der Waals surface area (Å²) < 4.78 is 0. The van der Waals surface area contributed by atoms with Gasteiger partial charge in [-0.25, -0.2) is 0 Å². The van der Waals surface area contributed by atoms with Crippen LogP contribution in [-0.2, 0) is 4.79 Å². The Kier molecular flexibility index (Phi) is 4.90. The number of aromatic amines is 1. The number of carboxylic acid groups (broad SMARTS) is 1. The zero-order chi connectivity index (χ0) is 15.4. The second kappa shape index (κ2) is 6.67. The van der Waals surface area contributed by atoms with Crippen molar-refractivity contribution in [2.75, 3.05) is 18.1 Å². The normalized spacial score (nSPS) is 10.8. The summed E-state index contributed by atoms with van der Waals surface area (Å²) in [7, 11) is 0. The Morgan fingerprint density at radius 2 is 2.05 bits per heavy atom. The molecule has 1 heterocycles. The van der Waals surface area contributed by atoms with Crippen LogP contribution in [0.25, 0.3) is 10.9 Å². The molecule has 2 aromatic rings. The van der Waals surface area contributed by atoms with Gasteiger partial charge in [0.2, 0.25) is 0 Å². The largest absolute Gasteiger partial charge is 0.481 e. The molecule has 0 aliphatic carbocycles. The van der Waals surface area contributed by atoms with Crippen LogP contribution in [0.15, 0.2) is 18.2 Å². The van der Waals surface area contributed by atoms with Crippen LogP contribution in [-0.4, -0.2) is 40.0 Å². The molecule has 0 aliphatic heterocycles. The molecule has 0 aliphatic rings. The molecule has 5 nitrogen and oxygen atoms in total. The fourth-order valence-electron chi connectivity index (χ4n) is 2.21. The van der Waals surface area contributed by atoms with E-state index in [0.29, 0.717) is 18.0 Å². The van der Waals surface area contributed by atoms with Gasteiger partial charge in [-0.3, -0.25) is 9.59 Å². The molecular weight excluding hydrogens is 288 g/mol. The number of nitrogens with one attached hydrogen (secondary N) is 2. The maximum Gasteiger partial charge on any atom is 0.313 e. The lowest BCUT2D eigenvalue weighted by Crippen LogP contribution is -2.26. The van der Waals surface area contributed by atoms with E-state index in [2.05, 4.69) is 16.4 Å². The molecule has 0 bridgehead atoms. The molecule has 0 saturated carbocycles. The molecule has 3 N–H and O–H groups in total. The average molecular weight is 306 g/mol. The highest BCUT2D eigenvalue weighted by molar-refractivity contribution is 7.99. The fraction of sp³-hybridized carbons (Fsp3) is 0.333. The van der Waals surface area contributed by atoms with Crippen LogP contribution in [0.1, 0.15) is 21.6 Å². The van der Waals surface area contributed by atoms with Crippen LogP contribution in [0.2, 0.25) is 0 Å². The fourth-order valence-corrected chi connectivity index (χ4v) is 2.78. The van der Waals surface area contributed by atoms with Crippen LogP contribution in [0.3, 0.4) is 0 Å². The Hall–Kier alpha value is -1.95. The van der Waals surface area contributed by atoms with Crippen molar-refractivity contribution in [2.45, 2.75) is 13.8 Å². The number of hydrogen-bond acceptors (Lipinski definition) is 3. The molecular formula is C15H18N2O3S. The summed E-state index contributed by atoms with van der Waals surface area (Å²) in [5, 5.41) is 12.3. The number of fused-ring (bicyclic) bond motifs is 1. The van der Waals surface area contributed by atoms with E-state index in [1.165, 1.54) is 11.8 Å². The highest BCUT2D eigenvalue weighted by Crippen LogP contribution is 2.21. The van der Waals surface area contributed by atoms with Gasteiger partial charge in [-0.05, 0) is 37.1 Å². The van der Waals surface area contributed by atoms with Crippen molar-refractivity contribution in [3.8, 4) is 0 Å². The highest BCUT2D eigenvalue weighted by atomic mass is 32.2. The molecule has 0 radical (unpaired) electrons. The Bertz CT molecular complexity index is 679. The van der Waals surface area contributed by atoms with E-state index in [9.17, 15) is 9.59 Å². The van der Waals surface area contributed by atoms with E-state index >= 15 is 0 Å². The maximum atomic E-state index is 12.0. The zero-order valence-corrected chi connectivity index (χ0v) is 12.8. The van der Waals surface area contributed by atoms with Crippen LogP contribution in [0, 0.1) is 13.8 Å². The van der Waals surface area contributed by atoms with Gasteiger partial charge in [-0.1, -0.05) is 6.07 Å². The number of carbonyl (C=O) groups is 2. The minimum absolute atomic E-state index is 0.0563. The van der Waals surface area contributed by atoms with Gasteiger partial charge in [0.15, 0.2) is 0 Å². The van der Waals surface area contributed by atoms with Crippen LogP contribution < -0.4 is 5.32 Å². The van der Waals surface area contributed by atoms with Crippen LogP contribution >= 0.6 is 11.8 Å². The summed E-state index contributed by atoms with van der Waals surface area (Å²) in [5.74, 6) is -0.371. The Morgan fingerprint density at radius 3 is 2.76 bits per heavy atom. The van der Waals surface area contributed by atoms with Gasteiger partial charge in [0.1, 0.15) is 5.69 Å². The summed E-state index contributed by atoms with van der Waals surface area (Å²) >= 11 is 1.28. The first kappa shape index (κ1) is 15.4. The van der Waals surface area contributed by atoms with E-state index in [-0.39, 0.29) is 11.7 Å². The predicted molar refractivity (Wildman–Crippen MR) is 85.1 cm³/mol.